The molecule has 2 amide bonds. The Labute approximate surface area is 117 Å². The van der Waals surface area contributed by atoms with Crippen LogP contribution in [0, 0.1) is 5.92 Å². The molecular formula is C13H19N3O4. The third-order valence-corrected chi connectivity index (χ3v) is 2.73. The van der Waals surface area contributed by atoms with E-state index in [0.717, 1.165) is 0 Å². The van der Waals surface area contributed by atoms with Crippen LogP contribution in [0.5, 0.6) is 5.88 Å². The second-order valence-corrected chi connectivity index (χ2v) is 4.45. The Morgan fingerprint density at radius 3 is 2.80 bits per heavy atom. The van der Waals surface area contributed by atoms with E-state index >= 15 is 0 Å². The predicted molar refractivity (Wildman–Crippen MR) is 72.5 cm³/mol. The Hall–Kier alpha value is -2.31. The molecule has 20 heavy (non-hydrogen) atoms. The maximum absolute atomic E-state index is 11.8. The van der Waals surface area contributed by atoms with Crippen molar-refractivity contribution >= 4 is 12.0 Å². The summed E-state index contributed by atoms with van der Waals surface area (Å²) < 4.78 is 4.99. The molecule has 0 aromatic carbocycles. The number of aliphatic carboxylic acids is 1. The average Bonchev–Trinajstić information content (AvgIpc) is 2.44. The van der Waals surface area contributed by atoms with Crippen molar-refractivity contribution in [3.8, 4) is 5.88 Å². The summed E-state index contributed by atoms with van der Waals surface area (Å²) in [5, 5.41) is 11.5. The molecule has 1 rings (SSSR count). The van der Waals surface area contributed by atoms with Crippen LogP contribution in [-0.4, -0.2) is 47.7 Å². The third kappa shape index (κ3) is 4.75. The smallest absolute Gasteiger partial charge is 0.317 e. The monoisotopic (exact) mass is 281 g/mol. The van der Waals surface area contributed by atoms with Gasteiger partial charge in [0.15, 0.2) is 0 Å². The van der Waals surface area contributed by atoms with Crippen LogP contribution in [0.25, 0.3) is 0 Å². The number of rotatable bonds is 6. The van der Waals surface area contributed by atoms with Gasteiger partial charge in [-0.3, -0.25) is 4.79 Å². The highest BCUT2D eigenvalue weighted by Crippen LogP contribution is 2.06. The number of methoxy groups -OCH3 is 1. The van der Waals surface area contributed by atoms with Gasteiger partial charge < -0.3 is 20.1 Å². The van der Waals surface area contributed by atoms with Gasteiger partial charge in [0, 0.05) is 19.7 Å². The average molecular weight is 281 g/mol. The molecule has 110 valence electrons. The van der Waals surface area contributed by atoms with Crippen molar-refractivity contribution < 1.29 is 19.4 Å². The molecule has 0 saturated carbocycles. The van der Waals surface area contributed by atoms with Gasteiger partial charge in [-0.15, -0.1) is 0 Å². The Morgan fingerprint density at radius 1 is 1.50 bits per heavy atom. The minimum absolute atomic E-state index is 0.146. The van der Waals surface area contributed by atoms with Crippen LogP contribution < -0.4 is 10.1 Å². The predicted octanol–water partition coefficient (Wildman–Crippen LogP) is 0.952. The van der Waals surface area contributed by atoms with Gasteiger partial charge in [-0.25, -0.2) is 9.78 Å². The molecular weight excluding hydrogens is 262 g/mol. The number of carbonyl (C=O) groups excluding carboxylic acids is 1. The zero-order valence-electron chi connectivity index (χ0n) is 11.8. The fourth-order valence-corrected chi connectivity index (χ4v) is 1.54. The summed E-state index contributed by atoms with van der Waals surface area (Å²) in [6.07, 6.45) is 0. The molecule has 7 heteroatoms. The minimum atomic E-state index is -0.931. The molecule has 0 saturated heterocycles. The van der Waals surface area contributed by atoms with Crippen molar-refractivity contribution in [3.63, 3.8) is 0 Å². The van der Waals surface area contributed by atoms with E-state index in [4.69, 9.17) is 9.84 Å². The van der Waals surface area contributed by atoms with Gasteiger partial charge >= 0.3 is 12.0 Å². The highest BCUT2D eigenvalue weighted by Gasteiger charge is 2.17. The van der Waals surface area contributed by atoms with E-state index in [-0.39, 0.29) is 19.1 Å². The molecule has 7 nitrogen and oxygen atoms in total. The number of aromatic nitrogens is 1. The fourth-order valence-electron chi connectivity index (χ4n) is 1.54. The second kappa shape index (κ2) is 7.32. The van der Waals surface area contributed by atoms with Gasteiger partial charge in [0.2, 0.25) is 5.88 Å². The molecule has 1 heterocycles. The van der Waals surface area contributed by atoms with Crippen molar-refractivity contribution in [1.29, 1.82) is 0 Å². The minimum Gasteiger partial charge on any atom is -0.481 e. The first kappa shape index (κ1) is 15.7. The van der Waals surface area contributed by atoms with Gasteiger partial charge in [-0.05, 0) is 6.07 Å². The number of carbonyl (C=O) groups is 2. The van der Waals surface area contributed by atoms with Crippen LogP contribution in [0.15, 0.2) is 18.2 Å². The zero-order valence-corrected chi connectivity index (χ0v) is 11.8. The number of carboxylic acid groups (broad SMARTS) is 1. The lowest BCUT2D eigenvalue weighted by Gasteiger charge is -2.19. The van der Waals surface area contributed by atoms with E-state index in [2.05, 4.69) is 10.3 Å². The largest absolute Gasteiger partial charge is 0.481 e. The molecule has 0 fully saturated rings. The Balaban J connectivity index is 2.47. The Bertz CT molecular complexity index is 478. The molecule has 1 aromatic heterocycles. The number of carboxylic acids is 1. The van der Waals surface area contributed by atoms with Crippen LogP contribution in [0.1, 0.15) is 12.6 Å². The lowest BCUT2D eigenvalue weighted by atomic mass is 10.2. The number of nitrogens with zero attached hydrogens (tertiary/aromatic N) is 2. The van der Waals surface area contributed by atoms with Gasteiger partial charge in [-0.1, -0.05) is 13.0 Å². The summed E-state index contributed by atoms with van der Waals surface area (Å²) >= 11 is 0. The topological polar surface area (TPSA) is 91.8 Å². The Morgan fingerprint density at radius 2 is 2.20 bits per heavy atom. The SMILES string of the molecule is COc1cccc(CNC(=O)N(C)CC(C)C(=O)O)n1. The number of urea groups is 1. The number of amides is 2. The summed E-state index contributed by atoms with van der Waals surface area (Å²) in [4.78, 5) is 28.0. The van der Waals surface area contributed by atoms with Gasteiger partial charge in [0.25, 0.3) is 0 Å². The standard InChI is InChI=1S/C13H19N3O4/c1-9(12(17)18)8-16(2)13(19)14-7-10-5-4-6-11(15-10)20-3/h4-6,9H,7-8H2,1-3H3,(H,14,19)(H,17,18). The van der Waals surface area contributed by atoms with Crippen LogP contribution in [0.3, 0.4) is 0 Å². The van der Waals surface area contributed by atoms with E-state index in [1.807, 2.05) is 0 Å². The van der Waals surface area contributed by atoms with E-state index in [9.17, 15) is 9.59 Å². The fraction of sp³-hybridized carbons (Fsp3) is 0.462. The van der Waals surface area contributed by atoms with E-state index in [1.54, 1.807) is 32.2 Å². The van der Waals surface area contributed by atoms with Crippen LogP contribution in [0.2, 0.25) is 0 Å². The summed E-state index contributed by atoms with van der Waals surface area (Å²) in [5.74, 6) is -1.07. The quantitative estimate of drug-likeness (QED) is 0.810. The normalized spacial score (nSPS) is 11.6. The molecule has 0 aliphatic heterocycles. The maximum atomic E-state index is 11.8. The Kier molecular flexibility index (Phi) is 5.76. The molecule has 0 aliphatic rings. The lowest BCUT2D eigenvalue weighted by molar-refractivity contribution is -0.141. The number of ether oxygens (including phenoxy) is 1. The molecule has 1 atom stereocenters. The van der Waals surface area contributed by atoms with E-state index in [1.165, 1.54) is 12.0 Å². The van der Waals surface area contributed by atoms with Crippen molar-refractivity contribution in [1.82, 2.24) is 15.2 Å². The summed E-state index contributed by atoms with van der Waals surface area (Å²) in [7, 11) is 3.07. The van der Waals surface area contributed by atoms with E-state index in [0.29, 0.717) is 11.6 Å². The van der Waals surface area contributed by atoms with Gasteiger partial charge in [0.1, 0.15) is 0 Å². The highest BCUT2D eigenvalue weighted by atomic mass is 16.5. The van der Waals surface area contributed by atoms with Gasteiger partial charge in [0.05, 0.1) is 25.3 Å². The summed E-state index contributed by atoms with van der Waals surface area (Å²) in [6, 6.07) is 4.92. The van der Waals surface area contributed by atoms with E-state index < -0.39 is 11.9 Å². The highest BCUT2D eigenvalue weighted by molar-refractivity contribution is 5.75. The number of pyridine rings is 1. The van der Waals surface area contributed by atoms with Crippen LogP contribution >= 0.6 is 0 Å². The van der Waals surface area contributed by atoms with Crippen molar-refractivity contribution in [2.45, 2.75) is 13.5 Å². The second-order valence-electron chi connectivity index (χ2n) is 4.45. The van der Waals surface area contributed by atoms with Crippen LogP contribution in [-0.2, 0) is 11.3 Å². The molecule has 1 aromatic rings. The lowest BCUT2D eigenvalue weighted by Crippen LogP contribution is -2.40. The number of nitrogens with one attached hydrogen (secondary N) is 1. The molecule has 2 N–H and O–H groups in total. The molecule has 0 aliphatic carbocycles. The van der Waals surface area contributed by atoms with Crippen LogP contribution in [0.4, 0.5) is 4.79 Å². The number of hydrogen-bond acceptors (Lipinski definition) is 4. The first-order chi connectivity index (χ1) is 9.43. The number of hydrogen-bond donors (Lipinski definition) is 2. The summed E-state index contributed by atoms with van der Waals surface area (Å²) in [6.45, 7) is 1.95. The maximum Gasteiger partial charge on any atom is 0.317 e. The summed E-state index contributed by atoms with van der Waals surface area (Å²) in [5.41, 5.74) is 0.664. The molecule has 0 bridgehead atoms. The molecule has 0 spiro atoms. The molecule has 0 radical (unpaired) electrons. The zero-order chi connectivity index (χ0) is 15.1. The van der Waals surface area contributed by atoms with Crippen molar-refractivity contribution in [2.75, 3.05) is 20.7 Å². The van der Waals surface area contributed by atoms with Gasteiger partial charge in [-0.2, -0.15) is 0 Å². The first-order valence-electron chi connectivity index (χ1n) is 6.15. The van der Waals surface area contributed by atoms with Crippen molar-refractivity contribution in [2.24, 2.45) is 5.92 Å². The first-order valence-corrected chi connectivity index (χ1v) is 6.15. The van der Waals surface area contributed by atoms with Crippen molar-refractivity contribution in [3.05, 3.63) is 23.9 Å². The third-order valence-electron chi connectivity index (χ3n) is 2.73. The molecule has 1 unspecified atom stereocenters.